The predicted molar refractivity (Wildman–Crippen MR) is 110 cm³/mol. The Kier molecular flexibility index (Phi) is 7.63. The fourth-order valence-corrected chi connectivity index (χ4v) is 3.81. The molecule has 2 nitrogen and oxygen atoms in total. The van der Waals surface area contributed by atoms with E-state index in [1.165, 1.54) is 22.3 Å². The average molecular weight is 333 g/mol. The first-order valence-corrected chi connectivity index (χ1v) is 10.0. The van der Waals surface area contributed by atoms with E-state index in [1.54, 1.807) is 0 Å². The maximum Gasteiger partial charge on any atom is 0.0408 e. The molecule has 0 saturated heterocycles. The molecule has 0 aliphatic heterocycles. The maximum absolute atomic E-state index is 6.76. The van der Waals surface area contributed by atoms with Crippen LogP contribution in [0.15, 0.2) is 0 Å². The smallest absolute Gasteiger partial charge is 0.0408 e. The predicted octanol–water partition coefficient (Wildman–Crippen LogP) is 6.91. The molecular formula is C22H40N2. The molecule has 0 aliphatic rings. The van der Waals surface area contributed by atoms with Gasteiger partial charge in [-0.3, -0.25) is 0 Å². The molecule has 138 valence electrons. The molecule has 1 aromatic carbocycles. The summed E-state index contributed by atoms with van der Waals surface area (Å²) in [5.41, 5.74) is 20.9. The van der Waals surface area contributed by atoms with Crippen molar-refractivity contribution in [2.45, 2.75) is 105 Å². The van der Waals surface area contributed by atoms with E-state index in [-0.39, 0.29) is 0 Å². The molecule has 2 heteroatoms. The summed E-state index contributed by atoms with van der Waals surface area (Å²) in [4.78, 5) is 0. The molecule has 24 heavy (non-hydrogen) atoms. The van der Waals surface area contributed by atoms with Gasteiger partial charge in [-0.05, 0) is 66.0 Å². The van der Waals surface area contributed by atoms with Crippen LogP contribution in [0.25, 0.3) is 0 Å². The summed E-state index contributed by atoms with van der Waals surface area (Å²) in [6.45, 7) is 18.2. The zero-order valence-corrected chi connectivity index (χ0v) is 17.3. The Morgan fingerprint density at radius 2 is 0.750 bits per heavy atom. The highest BCUT2D eigenvalue weighted by atomic mass is 14.7. The van der Waals surface area contributed by atoms with E-state index in [0.717, 1.165) is 37.1 Å². The third kappa shape index (κ3) is 3.73. The van der Waals surface area contributed by atoms with Gasteiger partial charge in [-0.15, -0.1) is 0 Å². The van der Waals surface area contributed by atoms with Crippen LogP contribution >= 0.6 is 0 Å². The van der Waals surface area contributed by atoms with Crippen molar-refractivity contribution in [1.82, 2.24) is 0 Å². The molecule has 4 atom stereocenters. The van der Waals surface area contributed by atoms with Gasteiger partial charge < -0.3 is 11.5 Å². The van der Waals surface area contributed by atoms with Crippen molar-refractivity contribution in [3.8, 4) is 0 Å². The molecule has 4 unspecified atom stereocenters. The summed E-state index contributed by atoms with van der Waals surface area (Å²) >= 11 is 0. The molecule has 0 radical (unpaired) electrons. The largest absolute Gasteiger partial charge is 0.398 e. The molecule has 0 amide bonds. The fourth-order valence-electron chi connectivity index (χ4n) is 3.81. The zero-order chi connectivity index (χ0) is 18.6. The lowest BCUT2D eigenvalue weighted by atomic mass is 9.75. The van der Waals surface area contributed by atoms with Gasteiger partial charge in [0.1, 0.15) is 0 Å². The lowest BCUT2D eigenvalue weighted by molar-refractivity contribution is 0.641. The summed E-state index contributed by atoms with van der Waals surface area (Å²) in [6.07, 6.45) is 4.40. The van der Waals surface area contributed by atoms with Crippen molar-refractivity contribution < 1.29 is 0 Å². The van der Waals surface area contributed by atoms with Gasteiger partial charge in [0.15, 0.2) is 0 Å². The van der Waals surface area contributed by atoms with E-state index in [1.807, 2.05) is 0 Å². The van der Waals surface area contributed by atoms with E-state index < -0.39 is 0 Å². The minimum atomic E-state index is 0.404. The molecule has 0 aromatic heterocycles. The highest BCUT2D eigenvalue weighted by Crippen LogP contribution is 2.47. The molecule has 1 rings (SSSR count). The van der Waals surface area contributed by atoms with E-state index >= 15 is 0 Å². The van der Waals surface area contributed by atoms with Crippen molar-refractivity contribution in [2.75, 3.05) is 11.5 Å². The number of nitrogen functional groups attached to an aromatic ring is 2. The first kappa shape index (κ1) is 20.9. The topological polar surface area (TPSA) is 52.0 Å². The fraction of sp³-hybridized carbons (Fsp3) is 0.727. The maximum atomic E-state index is 6.76. The van der Waals surface area contributed by atoms with E-state index in [2.05, 4.69) is 55.4 Å². The van der Waals surface area contributed by atoms with Gasteiger partial charge in [0.25, 0.3) is 0 Å². The second-order valence-corrected chi connectivity index (χ2v) is 7.72. The molecule has 1 aromatic rings. The zero-order valence-electron chi connectivity index (χ0n) is 17.3. The molecule has 0 fully saturated rings. The van der Waals surface area contributed by atoms with Gasteiger partial charge in [0.05, 0.1) is 0 Å². The quantitative estimate of drug-likeness (QED) is 0.508. The van der Waals surface area contributed by atoms with Crippen LogP contribution in [0.3, 0.4) is 0 Å². The minimum absolute atomic E-state index is 0.404. The van der Waals surface area contributed by atoms with Crippen LogP contribution in [-0.4, -0.2) is 0 Å². The van der Waals surface area contributed by atoms with Crippen molar-refractivity contribution >= 4 is 11.4 Å². The Balaban J connectivity index is 3.95. The molecular weight excluding hydrogens is 292 g/mol. The van der Waals surface area contributed by atoms with Crippen LogP contribution in [0.2, 0.25) is 0 Å². The van der Waals surface area contributed by atoms with Crippen LogP contribution in [0, 0.1) is 0 Å². The monoisotopic (exact) mass is 332 g/mol. The lowest BCUT2D eigenvalue weighted by Crippen LogP contribution is -2.18. The van der Waals surface area contributed by atoms with Crippen LogP contribution in [0.4, 0.5) is 11.4 Å². The van der Waals surface area contributed by atoms with Crippen molar-refractivity contribution in [1.29, 1.82) is 0 Å². The van der Waals surface area contributed by atoms with E-state index in [4.69, 9.17) is 11.5 Å². The van der Waals surface area contributed by atoms with Gasteiger partial charge in [-0.25, -0.2) is 0 Å². The van der Waals surface area contributed by atoms with Crippen LogP contribution in [-0.2, 0) is 0 Å². The van der Waals surface area contributed by atoms with Gasteiger partial charge in [-0.1, -0.05) is 55.4 Å². The minimum Gasteiger partial charge on any atom is -0.398 e. The first-order valence-electron chi connectivity index (χ1n) is 10.0. The van der Waals surface area contributed by atoms with Crippen LogP contribution in [0.1, 0.15) is 127 Å². The summed E-state index contributed by atoms with van der Waals surface area (Å²) in [7, 11) is 0. The van der Waals surface area contributed by atoms with Crippen LogP contribution in [0.5, 0.6) is 0 Å². The van der Waals surface area contributed by atoms with Crippen LogP contribution < -0.4 is 11.5 Å². The number of hydrogen-bond donors (Lipinski definition) is 2. The number of rotatable bonds is 8. The second-order valence-electron chi connectivity index (χ2n) is 7.72. The molecule has 0 spiro atoms. The lowest BCUT2D eigenvalue weighted by Gasteiger charge is -2.32. The Bertz CT molecular complexity index is 510. The van der Waals surface area contributed by atoms with Crippen molar-refractivity contribution in [2.24, 2.45) is 0 Å². The highest BCUT2D eigenvalue weighted by molar-refractivity contribution is 5.75. The molecule has 4 N–H and O–H groups in total. The Hall–Kier alpha value is -1.18. The molecule has 0 heterocycles. The normalized spacial score (nSPS) is 16.7. The summed E-state index contributed by atoms with van der Waals surface area (Å²) < 4.78 is 0. The van der Waals surface area contributed by atoms with Gasteiger partial charge in [-0.2, -0.15) is 0 Å². The van der Waals surface area contributed by atoms with E-state index in [0.29, 0.717) is 23.7 Å². The summed E-state index contributed by atoms with van der Waals surface area (Å²) in [5, 5.41) is 0. The van der Waals surface area contributed by atoms with E-state index in [9.17, 15) is 0 Å². The number of nitrogens with two attached hydrogens (primary N) is 2. The third-order valence-corrected chi connectivity index (χ3v) is 6.16. The van der Waals surface area contributed by atoms with Gasteiger partial charge >= 0.3 is 0 Å². The second kappa shape index (κ2) is 8.78. The van der Waals surface area contributed by atoms with Gasteiger partial charge in [0, 0.05) is 16.9 Å². The Morgan fingerprint density at radius 1 is 0.500 bits per heavy atom. The molecule has 0 aliphatic carbocycles. The van der Waals surface area contributed by atoms with Crippen molar-refractivity contribution in [3.05, 3.63) is 22.3 Å². The Morgan fingerprint density at radius 3 is 1.04 bits per heavy atom. The summed E-state index contributed by atoms with van der Waals surface area (Å²) in [5.74, 6) is 1.84. The number of benzene rings is 1. The van der Waals surface area contributed by atoms with Gasteiger partial charge in [0.2, 0.25) is 0 Å². The highest BCUT2D eigenvalue weighted by Gasteiger charge is 2.29. The molecule has 0 bridgehead atoms. The SMILES string of the molecule is CCC(C)c1c(N)c(C(C)CC)c(C(C)CC)c(C(C)CC)c1N. The Labute approximate surface area is 150 Å². The summed E-state index contributed by atoms with van der Waals surface area (Å²) in [6, 6.07) is 0. The number of anilines is 2. The first-order chi connectivity index (χ1) is 11.3. The third-order valence-electron chi connectivity index (χ3n) is 6.16. The number of hydrogen-bond acceptors (Lipinski definition) is 2. The average Bonchev–Trinajstić information content (AvgIpc) is 2.58. The molecule has 0 saturated carbocycles. The standard InChI is InChI=1S/C22H40N2/c1-9-13(5)17-18(14(6)10-2)21(23)20(16(8)12-4)22(24)19(17)15(7)11-3/h13-16H,9-12,23-24H2,1-8H3. The van der Waals surface area contributed by atoms with Crippen molar-refractivity contribution in [3.63, 3.8) is 0 Å².